The van der Waals surface area contributed by atoms with Crippen molar-refractivity contribution < 1.29 is 82.6 Å². The third-order valence-electron chi connectivity index (χ3n) is 10.8. The second-order valence-corrected chi connectivity index (χ2v) is 26.6. The normalized spacial score (nSPS) is 12.6. The third-order valence-corrected chi connectivity index (χ3v) is 17.8. The van der Waals surface area contributed by atoms with Crippen molar-refractivity contribution in [2.45, 2.75) is 37.8 Å². The number of thiophene rings is 1. The highest BCUT2D eigenvalue weighted by Crippen LogP contribution is 2.49. The van der Waals surface area contributed by atoms with E-state index in [4.69, 9.17) is 27.8 Å². The zero-order valence-corrected chi connectivity index (χ0v) is 47.0. The number of benzene rings is 5. The van der Waals surface area contributed by atoms with Crippen molar-refractivity contribution in [1.82, 2.24) is 4.98 Å². The summed E-state index contributed by atoms with van der Waals surface area (Å²) in [6.45, 7) is 1.33. The molecule has 0 atom stereocenters. The number of hydrogen-bond donors (Lipinski definition) is 9. The number of fused-ring (bicyclic) bond motifs is 1. The molecule has 0 saturated carbocycles. The van der Waals surface area contributed by atoms with Crippen LogP contribution < -0.4 is 16.0 Å². The van der Waals surface area contributed by atoms with Crippen molar-refractivity contribution in [2.75, 3.05) is 21.7 Å². The molecule has 0 aliphatic heterocycles. The summed E-state index contributed by atoms with van der Waals surface area (Å²) in [7, 11) is -30.6. The molecule has 0 saturated heterocycles. The van der Waals surface area contributed by atoms with E-state index in [2.05, 4.69) is 41.4 Å². The van der Waals surface area contributed by atoms with Crippen LogP contribution in [0.1, 0.15) is 23.1 Å². The number of amides is 1. The van der Waals surface area contributed by atoms with E-state index in [-0.39, 0.29) is 83.3 Å². The molecule has 5 aromatic carbocycles. The van der Waals surface area contributed by atoms with Gasteiger partial charge in [-0.1, -0.05) is 46.7 Å². The monoisotopic (exact) mass is 1280 g/mol. The van der Waals surface area contributed by atoms with Gasteiger partial charge in [-0.25, -0.2) is 4.98 Å². The molecule has 29 nitrogen and oxygen atoms in total. The van der Waals surface area contributed by atoms with Gasteiger partial charge >= 0.3 is 0 Å². The van der Waals surface area contributed by atoms with Gasteiger partial charge in [-0.15, -0.1) is 20.5 Å². The molecule has 38 heteroatoms. The van der Waals surface area contributed by atoms with E-state index in [0.29, 0.717) is 23.5 Å². The van der Waals surface area contributed by atoms with Crippen molar-refractivity contribution in [1.29, 1.82) is 10.5 Å². The minimum Gasteiger partial charge on any atom is -0.339 e. The van der Waals surface area contributed by atoms with Gasteiger partial charge in [0.05, 0.1) is 31.9 Å². The lowest BCUT2D eigenvalue weighted by molar-refractivity contribution is -0.115. The molecule has 1 amide bonds. The summed E-state index contributed by atoms with van der Waals surface area (Å²) in [5.41, 5.74) is -1.93. The van der Waals surface area contributed by atoms with Gasteiger partial charge in [0.15, 0.2) is 16.6 Å². The molecule has 0 aliphatic rings. The second-order valence-electron chi connectivity index (χ2n) is 16.3. The lowest BCUT2D eigenvalue weighted by Gasteiger charge is -2.16. The average Bonchev–Trinajstić information content (AvgIpc) is 3.90. The first-order chi connectivity index (χ1) is 37.5. The Bertz CT molecular complexity index is 4710. The molecule has 9 N–H and O–H groups in total. The Hall–Kier alpha value is -7.50. The number of pyridine rings is 1. The molecule has 2 heterocycles. The molecule has 0 aliphatic carbocycles. The molecular weight excluding hydrogens is 1260 g/mol. The largest absolute Gasteiger partial charge is 0.339 e. The van der Waals surface area contributed by atoms with E-state index in [1.54, 1.807) is 0 Å². The lowest BCUT2D eigenvalue weighted by atomic mass is 10.0. The zero-order chi connectivity index (χ0) is 59.9. The Morgan fingerprint density at radius 2 is 1.07 bits per heavy atom. The summed E-state index contributed by atoms with van der Waals surface area (Å²) >= 11 is 12.6. The summed E-state index contributed by atoms with van der Waals surface area (Å²) < 4.78 is 205. The highest BCUT2D eigenvalue weighted by molar-refractivity contribution is 7.87. The molecule has 2 aromatic heterocycles. The molecule has 0 unspecified atom stereocenters. The fourth-order valence-electron chi connectivity index (χ4n) is 7.24. The molecule has 0 bridgehead atoms. The Labute approximate surface area is 471 Å². The van der Waals surface area contributed by atoms with Crippen LogP contribution >= 0.6 is 34.5 Å². The van der Waals surface area contributed by atoms with Crippen molar-refractivity contribution in [2.24, 2.45) is 20.5 Å². The first-order valence-electron chi connectivity index (χ1n) is 21.3. The van der Waals surface area contributed by atoms with Crippen LogP contribution in [-0.4, -0.2) is 94.5 Å². The number of carbonyl (C=O) groups is 1. The number of carbonyl (C=O) groups excluding carboxylic acids is 1. The van der Waals surface area contributed by atoms with Gasteiger partial charge in [0.1, 0.15) is 48.0 Å². The highest BCUT2D eigenvalue weighted by Gasteiger charge is 2.28. The average molecular weight is 1290 g/mol. The van der Waals surface area contributed by atoms with Crippen LogP contribution in [0.15, 0.2) is 130 Å². The van der Waals surface area contributed by atoms with E-state index in [0.717, 1.165) is 30.3 Å². The van der Waals surface area contributed by atoms with Crippen LogP contribution in [0.3, 0.4) is 0 Å². The van der Waals surface area contributed by atoms with E-state index >= 15 is 0 Å². The maximum absolute atomic E-state index is 12.7. The summed E-state index contributed by atoms with van der Waals surface area (Å²) in [4.78, 5) is 11.7. The number of anilines is 5. The number of halogens is 2. The predicted molar refractivity (Wildman–Crippen MR) is 289 cm³/mol. The van der Waals surface area contributed by atoms with Crippen LogP contribution in [0.2, 0.25) is 10.0 Å². The molecule has 0 spiro atoms. The molecule has 7 rings (SSSR count). The van der Waals surface area contributed by atoms with Gasteiger partial charge in [0.2, 0.25) is 5.91 Å². The van der Waals surface area contributed by atoms with E-state index in [9.17, 15) is 88.6 Å². The van der Waals surface area contributed by atoms with Crippen LogP contribution in [0.4, 0.5) is 50.1 Å². The third kappa shape index (κ3) is 14.3. The zero-order valence-electron chi connectivity index (χ0n) is 39.7. The van der Waals surface area contributed by atoms with Gasteiger partial charge in [-0.3, -0.25) is 32.1 Å². The number of nitrogens with one attached hydrogen (secondary N) is 3. The SMILES string of the molecule is Cc1c(C#N)c(Nc2ccc(Cl)c(S(=O)(=O)O)c2)nc(Nc2ccc(Cl)c(S(=O)(=O)O)c2)c1N=Nc1sc(N=Nc2cc(S(=O)(=O)O)c3cc(S(=O)(=O)O)cc(S(=O)(=O)O)c3c2)c(-c2ccc(NC(=O)CCS(=O)(=O)O)cc2)c1C#N. The minimum absolute atomic E-state index is 0.0604. The maximum atomic E-state index is 12.7. The summed E-state index contributed by atoms with van der Waals surface area (Å²) in [6.07, 6.45) is -0.656. The summed E-state index contributed by atoms with van der Waals surface area (Å²) in [5, 5.41) is 42.8. The minimum atomic E-state index is -5.47. The standard InChI is InChI=1S/C43H30Cl2N10O19S7/c1-20-29(18-46)40(49-23-6-8-31(44)35(13-23)80(69,70)71)51-41(50-24-7-9-32(45)36(14-24)81(72,73)74)39(20)53-54-42-30(19-47)38(21-2-4-22(5-3-21)48-37(56)10-11-76(57,58)59)43(75-42)55-52-25-12-27-28(33(15-25)78(63,64)65)16-26(77(60,61)62)17-34(27)79(66,67)68/h2-9,12-17H,10-11H2,1H3,(H,48,56)(H2,49,50,51)(H,57,58,59)(H,60,61,62)(H,63,64,65)(H,66,67,68)(H,69,70,71)(H,72,73,74). The summed E-state index contributed by atoms with van der Waals surface area (Å²) in [5.74, 6) is -2.45. The lowest BCUT2D eigenvalue weighted by Crippen LogP contribution is -2.16. The first kappa shape index (κ1) is 61.1. The number of hydrogen-bond acceptors (Lipinski definition) is 23. The summed E-state index contributed by atoms with van der Waals surface area (Å²) in [6, 6.07) is 17.6. The van der Waals surface area contributed by atoms with E-state index in [1.807, 2.05) is 12.1 Å². The molecule has 0 radical (unpaired) electrons. The van der Waals surface area contributed by atoms with Crippen LogP contribution in [0.5, 0.6) is 0 Å². The Balaban J connectivity index is 1.45. The molecular formula is C43H30Cl2N10O19S7. The van der Waals surface area contributed by atoms with Crippen LogP contribution in [0, 0.1) is 29.6 Å². The van der Waals surface area contributed by atoms with Crippen LogP contribution in [-0.2, 0) is 65.5 Å². The fourth-order valence-corrected chi connectivity index (χ4v) is 12.6. The van der Waals surface area contributed by atoms with Gasteiger partial charge in [-0.05, 0) is 85.3 Å². The van der Waals surface area contributed by atoms with Crippen molar-refractivity contribution >= 4 is 162 Å². The van der Waals surface area contributed by atoms with E-state index < -0.39 is 125 Å². The first-order valence-corrected chi connectivity index (χ1v) is 31.7. The number of nitriles is 2. The van der Waals surface area contributed by atoms with E-state index in [1.165, 1.54) is 43.3 Å². The van der Waals surface area contributed by atoms with Crippen molar-refractivity contribution in [3.63, 3.8) is 0 Å². The van der Waals surface area contributed by atoms with Gasteiger partial charge < -0.3 is 16.0 Å². The second kappa shape index (κ2) is 22.8. The quantitative estimate of drug-likeness (QED) is 0.0285. The van der Waals surface area contributed by atoms with Crippen molar-refractivity contribution in [3.8, 4) is 23.3 Å². The Morgan fingerprint density at radius 1 is 0.580 bits per heavy atom. The smallest absolute Gasteiger partial charge is 0.296 e. The topological polar surface area (TPSA) is 489 Å². The highest BCUT2D eigenvalue weighted by atomic mass is 35.5. The number of azo groups is 2. The number of rotatable bonds is 18. The fraction of sp³-hybridized carbons (Fsp3) is 0.0698. The van der Waals surface area contributed by atoms with Gasteiger partial charge in [0, 0.05) is 45.4 Å². The molecule has 0 fully saturated rings. The van der Waals surface area contributed by atoms with Gasteiger partial charge in [-0.2, -0.15) is 61.0 Å². The molecule has 422 valence electrons. The maximum Gasteiger partial charge on any atom is 0.296 e. The number of aromatic nitrogens is 1. The Morgan fingerprint density at radius 3 is 1.58 bits per heavy atom. The number of nitrogens with zero attached hydrogens (tertiary/aromatic N) is 7. The van der Waals surface area contributed by atoms with Crippen LogP contribution in [0.25, 0.3) is 21.9 Å². The molecule has 7 aromatic rings. The molecule has 81 heavy (non-hydrogen) atoms. The van der Waals surface area contributed by atoms with Crippen molar-refractivity contribution in [3.05, 3.63) is 112 Å². The Kier molecular flexibility index (Phi) is 17.2. The van der Waals surface area contributed by atoms with Gasteiger partial charge in [0.25, 0.3) is 60.7 Å². The predicted octanol–water partition coefficient (Wildman–Crippen LogP) is 9.09.